The van der Waals surface area contributed by atoms with Crippen molar-refractivity contribution in [3.05, 3.63) is 65.7 Å². The summed E-state index contributed by atoms with van der Waals surface area (Å²) in [5.74, 6) is -5.24. The number of terminal acetylenes is 1. The first-order valence-electron chi connectivity index (χ1n) is 18.5. The fraction of sp³-hybridized carbons (Fsp3) is 0.488. The van der Waals surface area contributed by atoms with E-state index in [0.29, 0.717) is 37.2 Å². The summed E-state index contributed by atoms with van der Waals surface area (Å²) in [6, 6.07) is 14.2. The molecule has 1 heterocycles. The van der Waals surface area contributed by atoms with Crippen LogP contribution >= 0.6 is 0 Å². The molecule has 2 aromatic rings. The molecule has 0 spiro atoms. The van der Waals surface area contributed by atoms with Crippen LogP contribution in [0.3, 0.4) is 0 Å². The predicted octanol–water partition coefficient (Wildman–Crippen LogP) is 1.95. The van der Waals surface area contributed by atoms with Crippen molar-refractivity contribution in [2.24, 2.45) is 0 Å². The van der Waals surface area contributed by atoms with Crippen LogP contribution in [0.4, 0.5) is 0 Å². The minimum absolute atomic E-state index is 0.290. The van der Waals surface area contributed by atoms with Crippen LogP contribution in [-0.2, 0) is 78.7 Å². The Morgan fingerprint density at radius 3 is 2.14 bits per heavy atom. The molecule has 58 heavy (non-hydrogen) atoms. The van der Waals surface area contributed by atoms with Crippen molar-refractivity contribution in [3.63, 3.8) is 0 Å². The van der Waals surface area contributed by atoms with Crippen molar-refractivity contribution in [3.8, 4) is 18.1 Å². The third-order valence-corrected chi connectivity index (χ3v) is 9.29. The molecule has 1 aliphatic heterocycles. The summed E-state index contributed by atoms with van der Waals surface area (Å²) in [7, 11) is 1.06. The van der Waals surface area contributed by atoms with Gasteiger partial charge in [-0.25, -0.2) is 4.79 Å². The lowest BCUT2D eigenvalue weighted by molar-refractivity contribution is -0.317. The molecule has 1 aliphatic carbocycles. The first-order valence-corrected chi connectivity index (χ1v) is 18.5. The second-order valence-electron chi connectivity index (χ2n) is 13.7. The molecule has 0 aromatic heterocycles. The Balaban J connectivity index is 1.77. The summed E-state index contributed by atoms with van der Waals surface area (Å²) in [5.41, 5.74) is 0.445. The maximum Gasteiger partial charge on any atom is 0.366 e. The highest BCUT2D eigenvalue weighted by molar-refractivity contribution is 5.91. The van der Waals surface area contributed by atoms with E-state index >= 15 is 0 Å². The van der Waals surface area contributed by atoms with Crippen LogP contribution in [0.1, 0.15) is 64.5 Å². The third-order valence-electron chi connectivity index (χ3n) is 9.29. The molecule has 0 bridgehead atoms. The molecule has 4 rings (SSSR count). The zero-order valence-electron chi connectivity index (χ0n) is 32.9. The van der Waals surface area contributed by atoms with Crippen molar-refractivity contribution in [1.29, 1.82) is 0 Å². The Labute approximate surface area is 335 Å². The average Bonchev–Trinajstić information content (AvgIpc) is 4.00. The molecule has 0 radical (unpaired) electrons. The fourth-order valence-corrected chi connectivity index (χ4v) is 6.54. The molecule has 2 aliphatic rings. The van der Waals surface area contributed by atoms with Gasteiger partial charge in [0.25, 0.3) is 11.7 Å². The summed E-state index contributed by atoms with van der Waals surface area (Å²) in [4.78, 5) is 90.5. The average molecular weight is 809 g/mol. The Morgan fingerprint density at radius 1 is 0.897 bits per heavy atom. The van der Waals surface area contributed by atoms with E-state index in [1.807, 2.05) is 18.2 Å². The minimum Gasteiger partial charge on any atom is -0.493 e. The van der Waals surface area contributed by atoms with E-state index in [-0.39, 0.29) is 6.61 Å². The van der Waals surface area contributed by atoms with Crippen LogP contribution in [0.15, 0.2) is 54.6 Å². The number of nitrogens with one attached hydrogen (secondary N) is 2. The van der Waals surface area contributed by atoms with E-state index in [4.69, 9.17) is 44.3 Å². The van der Waals surface area contributed by atoms with E-state index in [0.717, 1.165) is 40.4 Å². The number of hydrogen-bond donors (Lipinski definition) is 2. The van der Waals surface area contributed by atoms with Crippen LogP contribution in [-0.4, -0.2) is 105 Å². The molecule has 2 aromatic carbocycles. The SMILES string of the molecule is C#CCCOc1ccc(CO[C@]2(C(=O)OC)C[C@H](OC(C)=O)[C@@H](NC(=O)COC(C)=O)[C@H]([C@H](OC(C)=O)[C@@H](CNC(=O)C3(c4ccccc4)CC3)OC(C)=O)O2)cc1. The van der Waals surface area contributed by atoms with Crippen LogP contribution in [0.5, 0.6) is 5.75 Å². The first-order chi connectivity index (χ1) is 27.6. The highest BCUT2D eigenvalue weighted by Gasteiger charge is 2.59. The van der Waals surface area contributed by atoms with Gasteiger partial charge in [-0.2, -0.15) is 0 Å². The Bertz CT molecular complexity index is 1840. The molecule has 17 nitrogen and oxygen atoms in total. The fourth-order valence-electron chi connectivity index (χ4n) is 6.54. The standard InChI is InChI=1S/C41H48N2O15/c1-7-8-20-52-31-16-14-29(15-17-31)23-54-41(39(50)51-6)21-32(55-26(3)45)35(43-34(48)24-53-25(2)44)37(58-41)36(57-28(5)47)33(56-27(4)46)22-42-38(49)40(18-19-40)30-12-10-9-11-13-30/h1,9-17,32-33,35-37H,8,18-24H2,2-6H3,(H,42,49)(H,43,48)/t32-,33+,35+,36+,37+,41+/m0/s1. The predicted molar refractivity (Wildman–Crippen MR) is 200 cm³/mol. The van der Waals surface area contributed by atoms with E-state index in [2.05, 4.69) is 16.6 Å². The van der Waals surface area contributed by atoms with Crippen molar-refractivity contribution >= 4 is 41.7 Å². The van der Waals surface area contributed by atoms with Gasteiger partial charge in [-0.15, -0.1) is 12.3 Å². The van der Waals surface area contributed by atoms with Crippen LogP contribution < -0.4 is 15.4 Å². The second-order valence-corrected chi connectivity index (χ2v) is 13.7. The largest absolute Gasteiger partial charge is 0.493 e. The lowest BCUT2D eigenvalue weighted by Crippen LogP contribution is -2.69. The lowest BCUT2D eigenvalue weighted by Gasteiger charge is -2.48. The minimum atomic E-state index is -2.42. The summed E-state index contributed by atoms with van der Waals surface area (Å²) >= 11 is 0. The van der Waals surface area contributed by atoms with Gasteiger partial charge in [-0.3, -0.25) is 28.8 Å². The van der Waals surface area contributed by atoms with Gasteiger partial charge in [0.15, 0.2) is 18.8 Å². The topological polar surface area (TPSA) is 217 Å². The summed E-state index contributed by atoms with van der Waals surface area (Å²) in [6.45, 7) is 3.06. The van der Waals surface area contributed by atoms with Gasteiger partial charge in [-0.05, 0) is 36.1 Å². The number of ether oxygens (including phenoxy) is 8. The van der Waals surface area contributed by atoms with Gasteiger partial charge < -0.3 is 48.5 Å². The Hall–Kier alpha value is -5.99. The molecule has 1 saturated heterocycles. The van der Waals surface area contributed by atoms with Gasteiger partial charge >= 0.3 is 29.8 Å². The molecule has 0 unspecified atom stereocenters. The molecule has 2 amide bonds. The van der Waals surface area contributed by atoms with Crippen LogP contribution in [0, 0.1) is 12.3 Å². The van der Waals surface area contributed by atoms with E-state index in [9.17, 15) is 33.6 Å². The number of methoxy groups -OCH3 is 1. The van der Waals surface area contributed by atoms with Gasteiger partial charge in [0.05, 0.1) is 44.7 Å². The number of hydrogen-bond acceptors (Lipinski definition) is 15. The Morgan fingerprint density at radius 2 is 1.57 bits per heavy atom. The second kappa shape index (κ2) is 20.4. The normalized spacial score (nSPS) is 21.3. The van der Waals surface area contributed by atoms with Crippen molar-refractivity contribution < 1.29 is 71.5 Å². The van der Waals surface area contributed by atoms with Gasteiger partial charge in [0, 0.05) is 34.1 Å². The Kier molecular flexibility index (Phi) is 15.8. The molecule has 1 saturated carbocycles. The molecule has 312 valence electrons. The molecule has 6 atom stereocenters. The molecular formula is C41H48N2O15. The van der Waals surface area contributed by atoms with E-state index < -0.39 is 103 Å². The number of esters is 5. The summed E-state index contributed by atoms with van der Waals surface area (Å²) < 4.78 is 45.3. The summed E-state index contributed by atoms with van der Waals surface area (Å²) in [5, 5.41) is 5.39. The van der Waals surface area contributed by atoms with Crippen molar-refractivity contribution in [2.45, 2.75) is 102 Å². The highest BCUT2D eigenvalue weighted by atomic mass is 16.7. The van der Waals surface area contributed by atoms with E-state index in [1.54, 1.807) is 36.4 Å². The zero-order chi connectivity index (χ0) is 42.5. The number of rotatable bonds is 19. The number of carbonyl (C=O) groups excluding carboxylic acids is 7. The van der Waals surface area contributed by atoms with Gasteiger partial charge in [0.2, 0.25) is 5.91 Å². The zero-order valence-corrected chi connectivity index (χ0v) is 32.9. The molecule has 17 heteroatoms. The van der Waals surface area contributed by atoms with Crippen molar-refractivity contribution in [2.75, 3.05) is 26.9 Å². The lowest BCUT2D eigenvalue weighted by atomic mass is 9.87. The number of carbonyl (C=O) groups is 7. The molecular weight excluding hydrogens is 760 g/mol. The smallest absolute Gasteiger partial charge is 0.366 e. The quantitative estimate of drug-likeness (QED) is 0.0898. The highest BCUT2D eigenvalue weighted by Crippen LogP contribution is 2.48. The van der Waals surface area contributed by atoms with Crippen LogP contribution in [0.2, 0.25) is 0 Å². The third kappa shape index (κ3) is 12.0. The molecule has 2 N–H and O–H groups in total. The van der Waals surface area contributed by atoms with Crippen LogP contribution in [0.25, 0.3) is 0 Å². The maximum atomic E-state index is 13.8. The maximum absolute atomic E-state index is 13.8. The molecule has 2 fully saturated rings. The summed E-state index contributed by atoms with van der Waals surface area (Å²) in [6.07, 6.45) is -0.313. The van der Waals surface area contributed by atoms with Gasteiger partial charge in [-0.1, -0.05) is 42.5 Å². The van der Waals surface area contributed by atoms with E-state index in [1.165, 1.54) is 0 Å². The van der Waals surface area contributed by atoms with Gasteiger partial charge in [0.1, 0.15) is 18.0 Å². The number of benzene rings is 2. The monoisotopic (exact) mass is 808 g/mol. The first kappa shape index (κ1) is 44.7. The van der Waals surface area contributed by atoms with Crippen molar-refractivity contribution in [1.82, 2.24) is 10.6 Å². The number of amides is 2.